The number of aryl methyl sites for hydroxylation is 1. The van der Waals surface area contributed by atoms with Crippen LogP contribution in [0.4, 0.5) is 4.39 Å². The van der Waals surface area contributed by atoms with Crippen LogP contribution in [-0.4, -0.2) is 28.6 Å². The van der Waals surface area contributed by atoms with E-state index in [0.29, 0.717) is 18.7 Å². The summed E-state index contributed by atoms with van der Waals surface area (Å²) in [5.74, 6) is 1.55. The van der Waals surface area contributed by atoms with Gasteiger partial charge in [0.15, 0.2) is 0 Å². The molecular formula is C31H36FN3O. The summed E-state index contributed by atoms with van der Waals surface area (Å²) >= 11 is 0. The first-order valence-electron chi connectivity index (χ1n) is 12.4. The Balaban J connectivity index is 1.75. The highest BCUT2D eigenvalue weighted by Gasteiger charge is 2.26. The van der Waals surface area contributed by atoms with Crippen molar-refractivity contribution in [2.24, 2.45) is 0 Å². The molecule has 0 atom stereocenters. The molecule has 4 aromatic rings. The average molecular weight is 486 g/mol. The van der Waals surface area contributed by atoms with E-state index >= 15 is 4.39 Å². The summed E-state index contributed by atoms with van der Waals surface area (Å²) in [5.41, 5.74) is 5.55. The number of hydrogen-bond donors (Lipinski definition) is 0. The zero-order valence-electron chi connectivity index (χ0n) is 22.2. The van der Waals surface area contributed by atoms with Gasteiger partial charge in [-0.05, 0) is 48.9 Å². The largest absolute Gasteiger partial charge is 0.497 e. The first-order valence-corrected chi connectivity index (χ1v) is 12.4. The first kappa shape index (κ1) is 25.6. The highest BCUT2D eigenvalue weighted by Crippen LogP contribution is 2.32. The lowest BCUT2D eigenvalue weighted by atomic mass is 9.94. The van der Waals surface area contributed by atoms with Gasteiger partial charge in [0.05, 0.1) is 19.5 Å². The van der Waals surface area contributed by atoms with Gasteiger partial charge >= 0.3 is 0 Å². The van der Waals surface area contributed by atoms with Gasteiger partial charge in [0.2, 0.25) is 0 Å². The van der Waals surface area contributed by atoms with Crippen molar-refractivity contribution in [3.05, 3.63) is 107 Å². The van der Waals surface area contributed by atoms with Gasteiger partial charge in [-0.1, -0.05) is 75.4 Å². The topological polar surface area (TPSA) is 30.3 Å². The predicted molar refractivity (Wildman–Crippen MR) is 145 cm³/mol. The second-order valence-electron chi connectivity index (χ2n) is 10.5. The van der Waals surface area contributed by atoms with Crippen LogP contribution in [0.25, 0.3) is 11.1 Å². The third kappa shape index (κ3) is 5.68. The summed E-state index contributed by atoms with van der Waals surface area (Å²) in [6.45, 7) is 10.0. The van der Waals surface area contributed by atoms with Crippen molar-refractivity contribution >= 4 is 0 Å². The Morgan fingerprint density at radius 1 is 0.972 bits per heavy atom. The van der Waals surface area contributed by atoms with Gasteiger partial charge in [-0.25, -0.2) is 9.37 Å². The van der Waals surface area contributed by atoms with Gasteiger partial charge < -0.3 is 9.30 Å². The fourth-order valence-corrected chi connectivity index (χ4v) is 4.71. The average Bonchev–Trinajstić information content (AvgIpc) is 3.16. The highest BCUT2D eigenvalue weighted by atomic mass is 19.1. The van der Waals surface area contributed by atoms with Crippen molar-refractivity contribution < 1.29 is 9.13 Å². The van der Waals surface area contributed by atoms with Crippen LogP contribution in [0.5, 0.6) is 5.75 Å². The van der Waals surface area contributed by atoms with Crippen LogP contribution in [0.2, 0.25) is 0 Å². The molecule has 4 rings (SSSR count). The normalized spacial score (nSPS) is 11.8. The van der Waals surface area contributed by atoms with Gasteiger partial charge in [0, 0.05) is 29.6 Å². The van der Waals surface area contributed by atoms with Crippen LogP contribution in [0, 0.1) is 12.7 Å². The molecule has 0 fully saturated rings. The number of methoxy groups -OCH3 is 1. The van der Waals surface area contributed by atoms with E-state index in [1.807, 2.05) is 43.3 Å². The van der Waals surface area contributed by atoms with Crippen LogP contribution in [0.3, 0.4) is 0 Å². The smallest absolute Gasteiger partial charge is 0.127 e. The Labute approximate surface area is 214 Å². The molecule has 1 heterocycles. The van der Waals surface area contributed by atoms with Crippen molar-refractivity contribution in [2.75, 3.05) is 14.2 Å². The fourth-order valence-electron chi connectivity index (χ4n) is 4.71. The second-order valence-corrected chi connectivity index (χ2v) is 10.5. The minimum Gasteiger partial charge on any atom is -0.497 e. The Morgan fingerprint density at radius 3 is 2.39 bits per heavy atom. The van der Waals surface area contributed by atoms with Gasteiger partial charge in [0.25, 0.3) is 0 Å². The van der Waals surface area contributed by atoms with E-state index in [1.165, 1.54) is 5.56 Å². The molecule has 0 unspecified atom stereocenters. The van der Waals surface area contributed by atoms with Crippen molar-refractivity contribution in [2.45, 2.75) is 52.7 Å². The van der Waals surface area contributed by atoms with Crippen LogP contribution >= 0.6 is 0 Å². The third-order valence-corrected chi connectivity index (χ3v) is 6.47. The number of ether oxygens (including phenoxy) is 1. The van der Waals surface area contributed by atoms with Gasteiger partial charge in [-0.3, -0.25) is 4.90 Å². The number of rotatable bonds is 8. The summed E-state index contributed by atoms with van der Waals surface area (Å²) in [5, 5.41) is 0. The van der Waals surface area contributed by atoms with E-state index < -0.39 is 0 Å². The molecule has 3 aromatic carbocycles. The number of nitrogens with zero attached hydrogens (tertiary/aromatic N) is 3. The standard InChI is InChI=1S/C31H36FN3O/c1-22-29(19-27-26(16-11-17-28(27)32)24-14-10-15-25(18-24)36-6)35(30(33-22)31(2,3)4)21-34(5)20-23-12-8-7-9-13-23/h7-18H,19-21H2,1-6H3. The predicted octanol–water partition coefficient (Wildman–Crippen LogP) is 6.98. The maximum atomic E-state index is 15.4. The Bertz CT molecular complexity index is 1320. The lowest BCUT2D eigenvalue weighted by molar-refractivity contribution is 0.247. The molecule has 0 aliphatic rings. The zero-order chi connectivity index (χ0) is 25.9. The number of imidazole rings is 1. The third-order valence-electron chi connectivity index (χ3n) is 6.47. The van der Waals surface area contributed by atoms with Crippen LogP contribution in [0.15, 0.2) is 72.8 Å². The maximum absolute atomic E-state index is 15.4. The molecule has 1 aromatic heterocycles. The van der Waals surface area contributed by atoms with E-state index in [0.717, 1.165) is 40.6 Å². The molecule has 0 saturated heterocycles. The molecule has 36 heavy (non-hydrogen) atoms. The lowest BCUT2D eigenvalue weighted by Gasteiger charge is -2.26. The van der Waals surface area contributed by atoms with Gasteiger partial charge in [0.1, 0.15) is 17.4 Å². The SMILES string of the molecule is COc1cccc(-c2cccc(F)c2Cc2c(C)nc(C(C)(C)C)n2CN(C)Cc2ccccc2)c1. The molecule has 188 valence electrons. The molecule has 0 saturated carbocycles. The Morgan fingerprint density at radius 2 is 1.69 bits per heavy atom. The van der Waals surface area contributed by atoms with Crippen molar-refractivity contribution in [3.63, 3.8) is 0 Å². The number of aromatic nitrogens is 2. The van der Waals surface area contributed by atoms with E-state index in [9.17, 15) is 0 Å². The minimum atomic E-state index is -0.211. The van der Waals surface area contributed by atoms with Crippen molar-refractivity contribution in [1.82, 2.24) is 14.5 Å². The van der Waals surface area contributed by atoms with E-state index in [-0.39, 0.29) is 11.2 Å². The van der Waals surface area contributed by atoms with Crippen molar-refractivity contribution in [1.29, 1.82) is 0 Å². The minimum absolute atomic E-state index is 0.151. The van der Waals surface area contributed by atoms with E-state index in [1.54, 1.807) is 19.2 Å². The van der Waals surface area contributed by atoms with E-state index in [2.05, 4.69) is 61.6 Å². The summed E-state index contributed by atoms with van der Waals surface area (Å²) < 4.78 is 23.1. The van der Waals surface area contributed by atoms with Crippen molar-refractivity contribution in [3.8, 4) is 16.9 Å². The molecule has 0 aliphatic carbocycles. The molecule has 0 spiro atoms. The number of halogens is 1. The molecule has 0 aliphatic heterocycles. The summed E-state index contributed by atoms with van der Waals surface area (Å²) in [7, 11) is 3.76. The van der Waals surface area contributed by atoms with Crippen LogP contribution in [0.1, 0.15) is 49.1 Å². The number of hydrogen-bond acceptors (Lipinski definition) is 3. The molecule has 0 radical (unpaired) electrons. The molecule has 0 amide bonds. The molecule has 0 bridgehead atoms. The van der Waals surface area contributed by atoms with E-state index in [4.69, 9.17) is 9.72 Å². The first-order chi connectivity index (χ1) is 17.2. The quantitative estimate of drug-likeness (QED) is 0.270. The summed E-state index contributed by atoms with van der Waals surface area (Å²) in [4.78, 5) is 7.27. The maximum Gasteiger partial charge on any atom is 0.127 e. The van der Waals surface area contributed by atoms with Crippen LogP contribution in [-0.2, 0) is 25.0 Å². The van der Waals surface area contributed by atoms with Gasteiger partial charge in [-0.15, -0.1) is 0 Å². The fraction of sp³-hybridized carbons (Fsp3) is 0.323. The molecule has 0 N–H and O–H groups in total. The summed E-state index contributed by atoms with van der Waals surface area (Å²) in [6.07, 6.45) is 0.452. The molecule has 5 heteroatoms. The Kier molecular flexibility index (Phi) is 7.60. The number of benzene rings is 3. The molecular weight excluding hydrogens is 449 g/mol. The molecule has 4 nitrogen and oxygen atoms in total. The monoisotopic (exact) mass is 485 g/mol. The zero-order valence-corrected chi connectivity index (χ0v) is 22.2. The Hall–Kier alpha value is -3.44. The van der Waals surface area contributed by atoms with Crippen LogP contribution < -0.4 is 4.74 Å². The second kappa shape index (κ2) is 10.7. The van der Waals surface area contributed by atoms with Gasteiger partial charge in [-0.2, -0.15) is 0 Å². The summed E-state index contributed by atoms with van der Waals surface area (Å²) in [6, 6.07) is 23.5. The lowest BCUT2D eigenvalue weighted by Crippen LogP contribution is -2.28. The highest BCUT2D eigenvalue weighted by molar-refractivity contribution is 5.69.